The maximum atomic E-state index is 5.36. The summed E-state index contributed by atoms with van der Waals surface area (Å²) < 4.78 is 11.7. The fourth-order valence-electron chi connectivity index (χ4n) is 2.08. The second-order valence-electron chi connectivity index (χ2n) is 4.46. The Morgan fingerprint density at radius 1 is 1.56 bits per heavy atom. The molecule has 18 heavy (non-hydrogen) atoms. The highest BCUT2D eigenvalue weighted by atomic mass is 32.1. The molecule has 2 aromatic rings. The average molecular weight is 264 g/mol. The van der Waals surface area contributed by atoms with Crippen LogP contribution in [0, 0.1) is 5.92 Å². The minimum atomic E-state index is 0.617. The molecule has 1 aromatic heterocycles. The van der Waals surface area contributed by atoms with Gasteiger partial charge in [-0.15, -0.1) is 0 Å². The first kappa shape index (κ1) is 11.7. The molecule has 1 aliphatic heterocycles. The van der Waals surface area contributed by atoms with E-state index in [0.717, 1.165) is 47.3 Å². The lowest BCUT2D eigenvalue weighted by molar-refractivity contribution is 0.187. The Morgan fingerprint density at radius 2 is 2.50 bits per heavy atom. The Labute approximate surface area is 110 Å². The molecule has 0 bridgehead atoms. The molecule has 1 aliphatic rings. The third-order valence-corrected chi connectivity index (χ3v) is 4.14. The fourth-order valence-corrected chi connectivity index (χ4v) is 2.98. The molecule has 0 spiro atoms. The van der Waals surface area contributed by atoms with E-state index >= 15 is 0 Å². The molecule has 1 fully saturated rings. The highest BCUT2D eigenvalue weighted by Gasteiger charge is 2.15. The van der Waals surface area contributed by atoms with Crippen molar-refractivity contribution in [2.45, 2.75) is 6.42 Å². The van der Waals surface area contributed by atoms with Crippen LogP contribution in [-0.2, 0) is 4.74 Å². The van der Waals surface area contributed by atoms with E-state index in [1.165, 1.54) is 0 Å². The maximum absolute atomic E-state index is 5.36. The van der Waals surface area contributed by atoms with Gasteiger partial charge in [0.05, 0.1) is 23.9 Å². The van der Waals surface area contributed by atoms with E-state index in [1.54, 1.807) is 18.4 Å². The molecule has 1 saturated heterocycles. The molecule has 1 N–H and O–H groups in total. The topological polar surface area (TPSA) is 43.4 Å². The smallest absolute Gasteiger partial charge is 0.183 e. The number of nitrogens with zero attached hydrogens (tertiary/aromatic N) is 1. The molecule has 96 valence electrons. The van der Waals surface area contributed by atoms with Crippen LogP contribution >= 0.6 is 11.3 Å². The third kappa shape index (κ3) is 2.42. The van der Waals surface area contributed by atoms with E-state index in [9.17, 15) is 0 Å². The van der Waals surface area contributed by atoms with Crippen molar-refractivity contribution in [3.05, 3.63) is 18.2 Å². The Kier molecular flexibility index (Phi) is 3.34. The molecule has 0 radical (unpaired) electrons. The number of ether oxygens (including phenoxy) is 2. The summed E-state index contributed by atoms with van der Waals surface area (Å²) in [5, 5.41) is 4.38. The van der Waals surface area contributed by atoms with Crippen molar-refractivity contribution in [3.63, 3.8) is 0 Å². The standard InChI is InChI=1S/C13H16N2O2S/c1-16-10-2-3-11-12(6-10)18-13(15-11)14-7-9-4-5-17-8-9/h2-3,6,9H,4-5,7-8H2,1H3,(H,14,15). The normalized spacial score (nSPS) is 19.3. The van der Waals surface area contributed by atoms with Gasteiger partial charge in [0, 0.05) is 19.1 Å². The van der Waals surface area contributed by atoms with Crippen LogP contribution in [0.4, 0.5) is 5.13 Å². The SMILES string of the molecule is COc1ccc2nc(NCC3CCOC3)sc2c1. The molecule has 0 amide bonds. The van der Waals surface area contributed by atoms with Crippen molar-refractivity contribution >= 4 is 26.7 Å². The minimum absolute atomic E-state index is 0.617. The molecule has 0 saturated carbocycles. The van der Waals surface area contributed by atoms with Gasteiger partial charge >= 0.3 is 0 Å². The van der Waals surface area contributed by atoms with Gasteiger partial charge in [-0.25, -0.2) is 4.98 Å². The Balaban J connectivity index is 1.72. The van der Waals surface area contributed by atoms with Crippen molar-refractivity contribution in [3.8, 4) is 5.75 Å². The van der Waals surface area contributed by atoms with Gasteiger partial charge in [-0.3, -0.25) is 0 Å². The van der Waals surface area contributed by atoms with Crippen LogP contribution in [0.25, 0.3) is 10.2 Å². The monoisotopic (exact) mass is 264 g/mol. The lowest BCUT2D eigenvalue weighted by Crippen LogP contribution is -2.13. The number of aromatic nitrogens is 1. The lowest BCUT2D eigenvalue weighted by atomic mass is 10.1. The highest BCUT2D eigenvalue weighted by molar-refractivity contribution is 7.22. The van der Waals surface area contributed by atoms with Crippen LogP contribution in [0.1, 0.15) is 6.42 Å². The van der Waals surface area contributed by atoms with Crippen LogP contribution in [0.15, 0.2) is 18.2 Å². The maximum Gasteiger partial charge on any atom is 0.183 e. The van der Waals surface area contributed by atoms with Crippen LogP contribution in [0.5, 0.6) is 5.75 Å². The van der Waals surface area contributed by atoms with Crippen molar-refractivity contribution in [1.29, 1.82) is 0 Å². The molecular weight excluding hydrogens is 248 g/mol. The summed E-state index contributed by atoms with van der Waals surface area (Å²) >= 11 is 1.67. The second-order valence-corrected chi connectivity index (χ2v) is 5.49. The van der Waals surface area contributed by atoms with Gasteiger partial charge in [0.25, 0.3) is 0 Å². The van der Waals surface area contributed by atoms with Gasteiger partial charge < -0.3 is 14.8 Å². The van der Waals surface area contributed by atoms with Crippen molar-refractivity contribution in [2.24, 2.45) is 5.92 Å². The van der Waals surface area contributed by atoms with Crippen LogP contribution in [0.2, 0.25) is 0 Å². The number of hydrogen-bond acceptors (Lipinski definition) is 5. The molecule has 4 nitrogen and oxygen atoms in total. The summed E-state index contributed by atoms with van der Waals surface area (Å²) in [6.45, 7) is 2.70. The third-order valence-electron chi connectivity index (χ3n) is 3.16. The second kappa shape index (κ2) is 5.12. The van der Waals surface area contributed by atoms with E-state index in [4.69, 9.17) is 9.47 Å². The summed E-state index contributed by atoms with van der Waals surface area (Å²) in [7, 11) is 1.68. The number of methoxy groups -OCH3 is 1. The van der Waals surface area contributed by atoms with Crippen molar-refractivity contribution in [2.75, 3.05) is 32.2 Å². The molecule has 3 rings (SSSR count). The van der Waals surface area contributed by atoms with Crippen molar-refractivity contribution in [1.82, 2.24) is 4.98 Å². The zero-order valence-electron chi connectivity index (χ0n) is 10.3. The number of hydrogen-bond donors (Lipinski definition) is 1. The van der Waals surface area contributed by atoms with E-state index in [0.29, 0.717) is 5.92 Å². The van der Waals surface area contributed by atoms with E-state index in [2.05, 4.69) is 10.3 Å². The first-order chi connectivity index (χ1) is 8.85. The lowest BCUT2D eigenvalue weighted by Gasteiger charge is -2.07. The highest BCUT2D eigenvalue weighted by Crippen LogP contribution is 2.29. The van der Waals surface area contributed by atoms with Gasteiger partial charge in [0.15, 0.2) is 5.13 Å². The molecule has 5 heteroatoms. The Morgan fingerprint density at radius 3 is 3.28 bits per heavy atom. The number of rotatable bonds is 4. The van der Waals surface area contributed by atoms with E-state index in [-0.39, 0.29) is 0 Å². The largest absolute Gasteiger partial charge is 0.497 e. The predicted molar refractivity (Wildman–Crippen MR) is 73.6 cm³/mol. The number of thiazole rings is 1. The predicted octanol–water partition coefficient (Wildman–Crippen LogP) is 2.75. The molecule has 0 aliphatic carbocycles. The van der Waals surface area contributed by atoms with Crippen molar-refractivity contribution < 1.29 is 9.47 Å². The van der Waals surface area contributed by atoms with Gasteiger partial charge in [0.2, 0.25) is 0 Å². The minimum Gasteiger partial charge on any atom is -0.497 e. The van der Waals surface area contributed by atoms with Gasteiger partial charge in [-0.2, -0.15) is 0 Å². The molecule has 1 aromatic carbocycles. The van der Waals surface area contributed by atoms with Crippen LogP contribution in [-0.4, -0.2) is 31.9 Å². The fraction of sp³-hybridized carbons (Fsp3) is 0.462. The molecule has 1 atom stereocenters. The molecule has 1 unspecified atom stereocenters. The van der Waals surface area contributed by atoms with Gasteiger partial charge in [-0.1, -0.05) is 11.3 Å². The zero-order chi connectivity index (χ0) is 12.4. The first-order valence-corrected chi connectivity index (χ1v) is 6.93. The van der Waals surface area contributed by atoms with E-state index < -0.39 is 0 Å². The number of benzene rings is 1. The quantitative estimate of drug-likeness (QED) is 0.922. The Hall–Kier alpha value is -1.33. The number of fused-ring (bicyclic) bond motifs is 1. The van der Waals surface area contributed by atoms with Crippen LogP contribution in [0.3, 0.4) is 0 Å². The summed E-state index contributed by atoms with van der Waals surface area (Å²) in [4.78, 5) is 4.56. The van der Waals surface area contributed by atoms with Gasteiger partial charge in [-0.05, 0) is 24.6 Å². The average Bonchev–Trinajstić information content (AvgIpc) is 3.04. The summed E-state index contributed by atoms with van der Waals surface area (Å²) in [6.07, 6.45) is 1.14. The first-order valence-electron chi connectivity index (χ1n) is 6.11. The van der Waals surface area contributed by atoms with E-state index in [1.807, 2.05) is 18.2 Å². The summed E-state index contributed by atoms with van der Waals surface area (Å²) in [6, 6.07) is 5.96. The Bertz CT molecular complexity index is 535. The summed E-state index contributed by atoms with van der Waals surface area (Å²) in [5.74, 6) is 1.49. The number of nitrogens with one attached hydrogen (secondary N) is 1. The number of anilines is 1. The van der Waals surface area contributed by atoms with Gasteiger partial charge in [0.1, 0.15) is 5.75 Å². The van der Waals surface area contributed by atoms with Crippen LogP contribution < -0.4 is 10.1 Å². The summed E-state index contributed by atoms with van der Waals surface area (Å²) in [5.41, 5.74) is 1.02. The molecular formula is C13H16N2O2S. The molecule has 2 heterocycles. The zero-order valence-corrected chi connectivity index (χ0v) is 11.1.